The molecule has 1 aromatic rings. The fraction of sp³-hybridized carbons (Fsp3) is 0.675. The lowest BCUT2D eigenvalue weighted by Crippen LogP contribution is -2.51. The summed E-state index contributed by atoms with van der Waals surface area (Å²) >= 11 is 0. The van der Waals surface area contributed by atoms with Crippen LogP contribution in [-0.2, 0) is 9.53 Å². The Morgan fingerprint density at radius 1 is 0.977 bits per heavy atom. The molecule has 0 saturated heterocycles. The van der Waals surface area contributed by atoms with E-state index in [1.807, 2.05) is 18.2 Å². The Labute approximate surface area is 267 Å². The monoisotopic (exact) mass is 602 g/mol. The van der Waals surface area contributed by atoms with Crippen LogP contribution in [0, 0.1) is 52.3 Å². The van der Waals surface area contributed by atoms with Crippen molar-refractivity contribution in [2.24, 2.45) is 52.3 Å². The largest absolute Gasteiger partial charge is 0.493 e. The Morgan fingerprint density at radius 2 is 1.75 bits per heavy atom. The van der Waals surface area contributed by atoms with E-state index < -0.39 is 0 Å². The summed E-state index contributed by atoms with van der Waals surface area (Å²) in [4.78, 5) is 12.8. The molecule has 4 aliphatic carbocycles. The van der Waals surface area contributed by atoms with Gasteiger partial charge >= 0.3 is 5.97 Å². The van der Waals surface area contributed by atoms with Crippen LogP contribution in [0.5, 0.6) is 11.5 Å². The van der Waals surface area contributed by atoms with Gasteiger partial charge in [-0.1, -0.05) is 71.4 Å². The van der Waals surface area contributed by atoms with Gasteiger partial charge in [0, 0.05) is 12.5 Å². The van der Waals surface area contributed by atoms with Gasteiger partial charge in [-0.2, -0.15) is 0 Å². The molecule has 0 aliphatic heterocycles. The molecule has 9 unspecified atom stereocenters. The van der Waals surface area contributed by atoms with Gasteiger partial charge in [-0.3, -0.25) is 0 Å². The fourth-order valence-electron chi connectivity index (χ4n) is 10.2. The lowest BCUT2D eigenvalue weighted by molar-refractivity contribution is -0.145. The second kappa shape index (κ2) is 13.5. The molecule has 0 N–H and O–H groups in total. The zero-order valence-electron chi connectivity index (χ0n) is 28.7. The minimum atomic E-state index is -0.269. The lowest BCUT2D eigenvalue weighted by atomic mass is 9.47. The maximum atomic E-state index is 12.8. The number of rotatable bonds is 10. The fourth-order valence-corrected chi connectivity index (χ4v) is 10.2. The predicted molar refractivity (Wildman–Crippen MR) is 181 cm³/mol. The van der Waals surface area contributed by atoms with Crippen LogP contribution in [0.1, 0.15) is 105 Å². The second-order valence-corrected chi connectivity index (χ2v) is 15.3. The minimum absolute atomic E-state index is 0.0384. The van der Waals surface area contributed by atoms with E-state index in [4.69, 9.17) is 14.2 Å². The molecule has 3 saturated carbocycles. The first-order valence-corrected chi connectivity index (χ1v) is 17.5. The van der Waals surface area contributed by atoms with E-state index in [9.17, 15) is 4.79 Å². The van der Waals surface area contributed by atoms with Gasteiger partial charge in [-0.15, -0.1) is 0 Å². The van der Waals surface area contributed by atoms with E-state index >= 15 is 0 Å². The first kappa shape index (κ1) is 32.9. The first-order chi connectivity index (χ1) is 21.0. The first-order valence-electron chi connectivity index (χ1n) is 17.5. The molecule has 5 rings (SSSR count). The zero-order chi connectivity index (χ0) is 31.6. The van der Waals surface area contributed by atoms with Crippen LogP contribution < -0.4 is 9.47 Å². The summed E-state index contributed by atoms with van der Waals surface area (Å²) in [5, 5.41) is 0. The third-order valence-electron chi connectivity index (χ3n) is 12.9. The van der Waals surface area contributed by atoms with Gasteiger partial charge in [0.1, 0.15) is 6.10 Å². The number of methoxy groups -OCH3 is 2. The third kappa shape index (κ3) is 6.29. The summed E-state index contributed by atoms with van der Waals surface area (Å²) in [6, 6.07) is 5.63. The highest BCUT2D eigenvalue weighted by Crippen LogP contribution is 2.67. The molecule has 4 aliphatic rings. The number of hydrogen-bond donors (Lipinski definition) is 0. The van der Waals surface area contributed by atoms with Crippen LogP contribution in [0.2, 0.25) is 0 Å². The molecule has 3 fully saturated rings. The highest BCUT2D eigenvalue weighted by atomic mass is 16.5. The zero-order valence-corrected chi connectivity index (χ0v) is 28.7. The standard InChI is InChI=1S/C40H58O4/c1-9-29(26(2)3)13-10-27(4)33-16-17-34-32-15-14-30-25-31(20-22-39(30,5)35(32)21-23-40(33,34)6)44-38(41)19-12-28-11-18-36(42-7)37(24-28)43-8/h10-14,18-19,24,26-27,29,31-35H,9,15-17,20-23,25H2,1-8H3/b13-10+,19-12+. The topological polar surface area (TPSA) is 44.8 Å². The van der Waals surface area contributed by atoms with Crippen LogP contribution in [-0.4, -0.2) is 26.3 Å². The van der Waals surface area contributed by atoms with Crippen molar-refractivity contribution in [3.8, 4) is 11.5 Å². The van der Waals surface area contributed by atoms with Gasteiger partial charge in [0.2, 0.25) is 0 Å². The quantitative estimate of drug-likeness (QED) is 0.152. The normalized spacial score (nSPS) is 34.7. The van der Waals surface area contributed by atoms with Crippen molar-refractivity contribution in [3.63, 3.8) is 0 Å². The molecule has 4 nitrogen and oxygen atoms in total. The van der Waals surface area contributed by atoms with Gasteiger partial charge in [0.25, 0.3) is 0 Å². The number of ether oxygens (including phenoxy) is 3. The van der Waals surface area contributed by atoms with Crippen LogP contribution in [0.3, 0.4) is 0 Å². The highest BCUT2D eigenvalue weighted by Gasteiger charge is 2.59. The number of hydrogen-bond acceptors (Lipinski definition) is 4. The second-order valence-electron chi connectivity index (χ2n) is 15.3. The van der Waals surface area contributed by atoms with E-state index in [0.717, 1.165) is 48.5 Å². The number of carbonyl (C=O) groups excluding carboxylic acids is 1. The molecule has 1 aromatic carbocycles. The molecule has 0 bridgehead atoms. The maximum absolute atomic E-state index is 12.8. The van der Waals surface area contributed by atoms with Crippen molar-refractivity contribution >= 4 is 12.0 Å². The summed E-state index contributed by atoms with van der Waals surface area (Å²) in [5.41, 5.74) is 3.14. The van der Waals surface area contributed by atoms with Gasteiger partial charge < -0.3 is 14.2 Å². The number of carbonyl (C=O) groups is 1. The van der Waals surface area contributed by atoms with Crippen molar-refractivity contribution in [1.29, 1.82) is 0 Å². The molecule has 44 heavy (non-hydrogen) atoms. The lowest BCUT2D eigenvalue weighted by Gasteiger charge is -2.58. The van der Waals surface area contributed by atoms with E-state index in [1.165, 1.54) is 38.5 Å². The SMILES string of the molecule is CCC(/C=C/C(C)C1CCC2C3CC=C4CC(OC(=O)/C=C/c5ccc(OC)c(OC)c5)CCC4(C)C3CCC12C)C(C)C. The molecular weight excluding hydrogens is 544 g/mol. The maximum Gasteiger partial charge on any atom is 0.331 e. The van der Waals surface area contributed by atoms with Crippen LogP contribution in [0.4, 0.5) is 0 Å². The summed E-state index contributed by atoms with van der Waals surface area (Å²) < 4.78 is 16.7. The van der Waals surface area contributed by atoms with Crippen molar-refractivity contribution < 1.29 is 19.0 Å². The van der Waals surface area contributed by atoms with E-state index in [-0.39, 0.29) is 17.5 Å². The molecule has 0 radical (unpaired) electrons. The van der Waals surface area contributed by atoms with E-state index in [2.05, 4.69) is 59.8 Å². The van der Waals surface area contributed by atoms with Gasteiger partial charge in [0.15, 0.2) is 11.5 Å². The van der Waals surface area contributed by atoms with Gasteiger partial charge in [0.05, 0.1) is 14.2 Å². The molecule has 9 atom stereocenters. The average molecular weight is 603 g/mol. The predicted octanol–water partition coefficient (Wildman–Crippen LogP) is 10.1. The van der Waals surface area contributed by atoms with Crippen molar-refractivity contribution in [1.82, 2.24) is 0 Å². The number of allylic oxidation sites excluding steroid dienone is 3. The molecule has 0 amide bonds. The van der Waals surface area contributed by atoms with E-state index in [0.29, 0.717) is 34.7 Å². The Hall–Kier alpha value is -2.49. The highest BCUT2D eigenvalue weighted by molar-refractivity contribution is 5.87. The Balaban J connectivity index is 1.22. The van der Waals surface area contributed by atoms with Crippen molar-refractivity contribution in [3.05, 3.63) is 53.6 Å². The van der Waals surface area contributed by atoms with Crippen LogP contribution in [0.25, 0.3) is 6.08 Å². The van der Waals surface area contributed by atoms with Crippen LogP contribution in [0.15, 0.2) is 48.1 Å². The molecule has 0 heterocycles. The molecule has 4 heteroatoms. The molecular formula is C40H58O4. The number of fused-ring (bicyclic) bond motifs is 5. The third-order valence-corrected chi connectivity index (χ3v) is 12.9. The summed E-state index contributed by atoms with van der Waals surface area (Å²) in [6.07, 6.45) is 21.9. The Kier molecular flexibility index (Phi) is 10.1. The van der Waals surface area contributed by atoms with Crippen LogP contribution >= 0.6 is 0 Å². The summed E-state index contributed by atoms with van der Waals surface area (Å²) in [6.45, 7) is 14.7. The summed E-state index contributed by atoms with van der Waals surface area (Å²) in [7, 11) is 3.23. The van der Waals surface area contributed by atoms with Crippen molar-refractivity contribution in [2.75, 3.05) is 14.2 Å². The average Bonchev–Trinajstić information content (AvgIpc) is 3.37. The summed E-state index contributed by atoms with van der Waals surface area (Å²) in [5.74, 6) is 6.31. The van der Waals surface area contributed by atoms with Gasteiger partial charge in [-0.25, -0.2) is 4.79 Å². The van der Waals surface area contributed by atoms with E-state index in [1.54, 1.807) is 31.9 Å². The molecule has 0 spiro atoms. The number of esters is 1. The molecule has 242 valence electrons. The van der Waals surface area contributed by atoms with Crippen molar-refractivity contribution in [2.45, 2.75) is 105 Å². The molecule has 0 aromatic heterocycles. The smallest absolute Gasteiger partial charge is 0.331 e. The Morgan fingerprint density at radius 3 is 2.45 bits per heavy atom. The Bertz CT molecular complexity index is 1260. The number of benzene rings is 1. The minimum Gasteiger partial charge on any atom is -0.493 e. The van der Waals surface area contributed by atoms with Gasteiger partial charge in [-0.05, 0) is 127 Å².